The minimum absolute atomic E-state index is 0.000173. The van der Waals surface area contributed by atoms with Gasteiger partial charge >= 0.3 is 0 Å². The van der Waals surface area contributed by atoms with E-state index < -0.39 is 0 Å². The van der Waals surface area contributed by atoms with E-state index in [0.29, 0.717) is 17.4 Å². The molecule has 1 atom stereocenters. The van der Waals surface area contributed by atoms with Crippen LogP contribution in [0.1, 0.15) is 33.2 Å². The van der Waals surface area contributed by atoms with Crippen molar-refractivity contribution in [1.29, 1.82) is 0 Å². The molecule has 1 aliphatic heterocycles. The lowest BCUT2D eigenvalue weighted by Crippen LogP contribution is -2.20. The third kappa shape index (κ3) is 2.76. The predicted molar refractivity (Wildman–Crippen MR) is 95.2 cm³/mol. The third-order valence-electron chi connectivity index (χ3n) is 4.18. The lowest BCUT2D eigenvalue weighted by molar-refractivity contribution is 0.0868. The van der Waals surface area contributed by atoms with E-state index in [9.17, 15) is 4.79 Å². The first-order valence-corrected chi connectivity index (χ1v) is 8.78. The topological polar surface area (TPSA) is 47.8 Å². The molecule has 1 aromatic heterocycles. The molecule has 5 heteroatoms. The van der Waals surface area contributed by atoms with Crippen molar-refractivity contribution < 1.29 is 4.79 Å². The van der Waals surface area contributed by atoms with E-state index in [1.165, 1.54) is 15.8 Å². The molecule has 4 rings (SSSR count). The predicted octanol–water partition coefficient (Wildman–Crippen LogP) is 4.44. The van der Waals surface area contributed by atoms with Crippen molar-refractivity contribution in [3.8, 4) is 11.4 Å². The largest absolute Gasteiger partial charge is 0.272 e. The van der Waals surface area contributed by atoms with E-state index in [0.717, 1.165) is 11.1 Å². The number of fused-ring (bicyclic) bond motifs is 1. The Bertz CT molecular complexity index is 897. The highest BCUT2D eigenvalue weighted by Gasteiger charge is 2.30. The molecule has 2 aromatic carbocycles. The number of carbonyl (C=O) groups is 1. The zero-order chi connectivity index (χ0) is 16.7. The van der Waals surface area contributed by atoms with E-state index in [1.54, 1.807) is 11.8 Å². The van der Waals surface area contributed by atoms with Crippen LogP contribution in [0.5, 0.6) is 0 Å². The molecular formula is C19H17N3OS. The molecule has 0 amide bonds. The Balaban J connectivity index is 1.66. The molecule has 0 saturated carbocycles. The number of aryl methyl sites for hydroxylation is 2. The van der Waals surface area contributed by atoms with Crippen LogP contribution in [0, 0.1) is 13.8 Å². The van der Waals surface area contributed by atoms with Gasteiger partial charge in [-0.15, -0.1) is 5.10 Å². The van der Waals surface area contributed by atoms with Crippen molar-refractivity contribution in [3.63, 3.8) is 0 Å². The van der Waals surface area contributed by atoms with Gasteiger partial charge in [0.15, 0.2) is 11.0 Å². The molecule has 0 N–H and O–H groups in total. The molecule has 24 heavy (non-hydrogen) atoms. The summed E-state index contributed by atoms with van der Waals surface area (Å²) in [5, 5.41) is 5.18. The summed E-state index contributed by atoms with van der Waals surface area (Å²) in [4.78, 5) is 17.1. The second-order valence-electron chi connectivity index (χ2n) is 6.11. The van der Waals surface area contributed by atoms with Crippen LogP contribution in [-0.4, -0.2) is 20.7 Å². The minimum atomic E-state index is 0.000173. The second kappa shape index (κ2) is 5.91. The van der Waals surface area contributed by atoms with Crippen LogP contribution in [0.2, 0.25) is 0 Å². The van der Waals surface area contributed by atoms with Crippen LogP contribution in [0.25, 0.3) is 11.4 Å². The van der Waals surface area contributed by atoms with Crippen LogP contribution in [0.3, 0.4) is 0 Å². The van der Waals surface area contributed by atoms with Crippen molar-refractivity contribution in [2.45, 2.75) is 30.7 Å². The molecule has 0 saturated heterocycles. The van der Waals surface area contributed by atoms with Gasteiger partial charge in [-0.2, -0.15) is 4.68 Å². The highest BCUT2D eigenvalue weighted by atomic mass is 32.2. The van der Waals surface area contributed by atoms with Gasteiger partial charge in [0.1, 0.15) is 0 Å². The fourth-order valence-corrected chi connectivity index (χ4v) is 3.90. The molecule has 0 radical (unpaired) electrons. The Kier molecular flexibility index (Phi) is 3.73. The average molecular weight is 335 g/mol. The lowest BCUT2D eigenvalue weighted by Gasteiger charge is -2.20. The smallest absolute Gasteiger partial charge is 0.250 e. The zero-order valence-corrected chi connectivity index (χ0v) is 14.4. The summed E-state index contributed by atoms with van der Waals surface area (Å²) >= 11 is 1.61. The van der Waals surface area contributed by atoms with Crippen molar-refractivity contribution in [1.82, 2.24) is 14.8 Å². The van der Waals surface area contributed by atoms with Gasteiger partial charge in [0.25, 0.3) is 5.91 Å². The summed E-state index contributed by atoms with van der Waals surface area (Å²) in [6.07, 6.45) is 0.442. The van der Waals surface area contributed by atoms with Crippen molar-refractivity contribution in [2.24, 2.45) is 0 Å². The molecule has 1 aliphatic rings. The van der Waals surface area contributed by atoms with Crippen molar-refractivity contribution in [3.05, 3.63) is 65.2 Å². The number of nitrogens with zero attached hydrogens (tertiary/aromatic N) is 3. The van der Waals surface area contributed by atoms with E-state index in [2.05, 4.69) is 41.3 Å². The maximum Gasteiger partial charge on any atom is 0.250 e. The Labute approximate surface area is 144 Å². The summed E-state index contributed by atoms with van der Waals surface area (Å²) < 4.78 is 1.45. The van der Waals surface area contributed by atoms with Gasteiger partial charge < -0.3 is 0 Å². The van der Waals surface area contributed by atoms with E-state index in [-0.39, 0.29) is 11.2 Å². The van der Waals surface area contributed by atoms with Gasteiger partial charge in [0, 0.05) is 17.2 Å². The fraction of sp³-hybridized carbons (Fsp3) is 0.211. The standard InChI is InChI=1S/C19H17N3OS/c1-12-3-7-14(8-4-12)16-11-17(23)22-19(24-16)20-18(21-22)15-9-5-13(2)6-10-15/h3-10,16H,11H2,1-2H3/t16-/m0/s1. The molecule has 0 aliphatic carbocycles. The molecule has 0 fully saturated rings. The summed E-state index contributed by atoms with van der Waals surface area (Å²) in [6.45, 7) is 4.11. The Morgan fingerprint density at radius 3 is 2.29 bits per heavy atom. The number of aromatic nitrogens is 3. The Morgan fingerprint density at radius 2 is 1.62 bits per heavy atom. The zero-order valence-electron chi connectivity index (χ0n) is 13.6. The Morgan fingerprint density at radius 1 is 1.00 bits per heavy atom. The van der Waals surface area contributed by atoms with Crippen LogP contribution < -0.4 is 0 Å². The monoisotopic (exact) mass is 335 g/mol. The molecule has 0 spiro atoms. The highest BCUT2D eigenvalue weighted by molar-refractivity contribution is 7.99. The number of hydrogen-bond donors (Lipinski definition) is 0. The van der Waals surface area contributed by atoms with Gasteiger partial charge in [-0.25, -0.2) is 4.98 Å². The number of carbonyl (C=O) groups excluding carboxylic acids is 1. The molecule has 4 nitrogen and oxygen atoms in total. The maximum atomic E-state index is 12.5. The third-order valence-corrected chi connectivity index (χ3v) is 5.38. The molecule has 3 aromatic rings. The van der Waals surface area contributed by atoms with E-state index in [4.69, 9.17) is 0 Å². The van der Waals surface area contributed by atoms with Crippen molar-refractivity contribution >= 4 is 17.7 Å². The molecule has 0 bridgehead atoms. The second-order valence-corrected chi connectivity index (χ2v) is 7.28. The van der Waals surface area contributed by atoms with E-state index >= 15 is 0 Å². The molecule has 2 heterocycles. The number of rotatable bonds is 2. The van der Waals surface area contributed by atoms with Crippen LogP contribution in [0.4, 0.5) is 0 Å². The maximum absolute atomic E-state index is 12.5. The van der Waals surface area contributed by atoms with Gasteiger partial charge in [-0.1, -0.05) is 71.4 Å². The summed E-state index contributed by atoms with van der Waals surface area (Å²) in [5.74, 6) is 0.607. The Hall–Kier alpha value is -2.40. The van der Waals surface area contributed by atoms with Crippen LogP contribution in [0.15, 0.2) is 53.7 Å². The first-order valence-electron chi connectivity index (χ1n) is 7.91. The van der Waals surface area contributed by atoms with E-state index in [1.807, 2.05) is 31.2 Å². The molecular weight excluding hydrogens is 318 g/mol. The number of thioether (sulfide) groups is 1. The van der Waals surface area contributed by atoms with Gasteiger partial charge in [0.2, 0.25) is 0 Å². The van der Waals surface area contributed by atoms with Gasteiger partial charge in [-0.3, -0.25) is 4.79 Å². The summed E-state index contributed by atoms with van der Waals surface area (Å²) in [5.41, 5.74) is 4.50. The van der Waals surface area contributed by atoms with Gasteiger partial charge in [-0.05, 0) is 19.4 Å². The minimum Gasteiger partial charge on any atom is -0.272 e. The summed E-state index contributed by atoms with van der Waals surface area (Å²) in [6, 6.07) is 16.4. The quantitative estimate of drug-likeness (QED) is 0.695. The lowest BCUT2D eigenvalue weighted by atomic mass is 10.1. The highest BCUT2D eigenvalue weighted by Crippen LogP contribution is 2.41. The number of hydrogen-bond acceptors (Lipinski definition) is 4. The van der Waals surface area contributed by atoms with Crippen LogP contribution >= 0.6 is 11.8 Å². The fourth-order valence-electron chi connectivity index (χ4n) is 2.74. The van der Waals surface area contributed by atoms with Crippen LogP contribution in [-0.2, 0) is 0 Å². The molecule has 0 unspecified atom stereocenters. The SMILES string of the molecule is Cc1ccc(-c2nc3n(n2)C(=O)C[C@@H](c2ccc(C)cc2)S3)cc1. The average Bonchev–Trinajstić information content (AvgIpc) is 3.01. The van der Waals surface area contributed by atoms with Gasteiger partial charge in [0.05, 0.1) is 0 Å². The molecule has 120 valence electrons. The first kappa shape index (κ1) is 15.1. The van der Waals surface area contributed by atoms with Crippen molar-refractivity contribution in [2.75, 3.05) is 0 Å². The number of benzene rings is 2. The summed E-state index contributed by atoms with van der Waals surface area (Å²) in [7, 11) is 0. The normalized spacial score (nSPS) is 16.9. The first-order chi connectivity index (χ1) is 11.6.